The molecule has 0 aliphatic heterocycles. The number of hydrogen-bond donors (Lipinski definition) is 2. The molecule has 0 spiro atoms. The summed E-state index contributed by atoms with van der Waals surface area (Å²) in [7, 11) is -1.95. The lowest BCUT2D eigenvalue weighted by Crippen LogP contribution is -2.50. The summed E-state index contributed by atoms with van der Waals surface area (Å²) >= 11 is 0. The molecule has 0 heterocycles. The molecule has 1 atom stereocenters. The lowest BCUT2D eigenvalue weighted by atomic mass is 10.0. The molecule has 226 valence electrons. The second-order valence-electron chi connectivity index (χ2n) is 10.2. The summed E-state index contributed by atoms with van der Waals surface area (Å²) in [6, 6.07) is 23.1. The van der Waals surface area contributed by atoms with Crippen LogP contribution >= 0.6 is 0 Å². The van der Waals surface area contributed by atoms with Gasteiger partial charge in [-0.05, 0) is 53.8 Å². The molecule has 0 bridgehead atoms. The summed E-state index contributed by atoms with van der Waals surface area (Å²) in [6.07, 6.45) is 3.92. The SMILES string of the molecule is CCCCCNC(=O)[C@H](Cc1ccccc1)N(Cc1ccc(OC)cc1)C(=O)CCc1ccc(S(=O)(=O)NCC)cc1. The van der Waals surface area contributed by atoms with Crippen molar-refractivity contribution >= 4 is 21.8 Å². The van der Waals surface area contributed by atoms with Gasteiger partial charge in [0.25, 0.3) is 0 Å². The Morgan fingerprint density at radius 3 is 2.14 bits per heavy atom. The summed E-state index contributed by atoms with van der Waals surface area (Å²) in [5.41, 5.74) is 2.70. The first-order valence-electron chi connectivity index (χ1n) is 14.6. The van der Waals surface area contributed by atoms with Crippen molar-refractivity contribution in [3.8, 4) is 5.75 Å². The highest BCUT2D eigenvalue weighted by Crippen LogP contribution is 2.19. The number of nitrogens with zero attached hydrogens (tertiary/aromatic N) is 1. The molecule has 42 heavy (non-hydrogen) atoms. The van der Waals surface area contributed by atoms with E-state index in [2.05, 4.69) is 17.0 Å². The topological polar surface area (TPSA) is 105 Å². The van der Waals surface area contributed by atoms with E-state index < -0.39 is 16.1 Å². The zero-order valence-electron chi connectivity index (χ0n) is 24.8. The maximum Gasteiger partial charge on any atom is 0.243 e. The van der Waals surface area contributed by atoms with Gasteiger partial charge in [0.2, 0.25) is 21.8 Å². The third kappa shape index (κ3) is 9.99. The molecule has 0 fully saturated rings. The lowest BCUT2D eigenvalue weighted by molar-refractivity contribution is -0.141. The Labute approximate surface area is 250 Å². The molecular weight excluding hydrogens is 550 g/mol. The van der Waals surface area contributed by atoms with Gasteiger partial charge < -0.3 is 15.0 Å². The van der Waals surface area contributed by atoms with Gasteiger partial charge in [-0.25, -0.2) is 13.1 Å². The average Bonchev–Trinajstić information content (AvgIpc) is 3.00. The molecule has 0 aliphatic rings. The predicted octanol–water partition coefficient (Wildman–Crippen LogP) is 4.87. The van der Waals surface area contributed by atoms with Crippen LogP contribution in [0.1, 0.15) is 56.2 Å². The average molecular weight is 594 g/mol. The molecule has 3 aromatic carbocycles. The third-order valence-corrected chi connectivity index (χ3v) is 8.62. The van der Waals surface area contributed by atoms with Crippen LogP contribution in [0.25, 0.3) is 0 Å². The van der Waals surface area contributed by atoms with Crippen molar-refractivity contribution in [1.29, 1.82) is 0 Å². The highest BCUT2D eigenvalue weighted by Gasteiger charge is 2.30. The molecule has 0 aliphatic carbocycles. The van der Waals surface area contributed by atoms with Crippen molar-refractivity contribution in [2.45, 2.75) is 69.9 Å². The Morgan fingerprint density at radius 1 is 0.857 bits per heavy atom. The molecular formula is C33H43N3O5S. The van der Waals surface area contributed by atoms with E-state index in [4.69, 9.17) is 4.74 Å². The Morgan fingerprint density at radius 2 is 1.52 bits per heavy atom. The van der Waals surface area contributed by atoms with E-state index in [1.54, 1.807) is 43.2 Å². The molecule has 0 aromatic heterocycles. The van der Waals surface area contributed by atoms with Crippen LogP contribution in [0, 0.1) is 0 Å². The fourth-order valence-electron chi connectivity index (χ4n) is 4.69. The van der Waals surface area contributed by atoms with Gasteiger partial charge in [0, 0.05) is 32.5 Å². The van der Waals surface area contributed by atoms with E-state index in [9.17, 15) is 18.0 Å². The van der Waals surface area contributed by atoms with E-state index in [0.717, 1.165) is 36.0 Å². The van der Waals surface area contributed by atoms with Gasteiger partial charge in [-0.1, -0.05) is 81.3 Å². The number of methoxy groups -OCH3 is 1. The van der Waals surface area contributed by atoms with Gasteiger partial charge in [-0.2, -0.15) is 0 Å². The van der Waals surface area contributed by atoms with Crippen LogP contribution in [0.4, 0.5) is 0 Å². The van der Waals surface area contributed by atoms with E-state index in [1.165, 1.54) is 0 Å². The number of ether oxygens (including phenoxy) is 1. The third-order valence-electron chi connectivity index (χ3n) is 7.06. The first-order chi connectivity index (χ1) is 20.3. The number of aryl methyl sites for hydroxylation is 1. The van der Waals surface area contributed by atoms with Crippen molar-refractivity contribution in [3.63, 3.8) is 0 Å². The second-order valence-corrected chi connectivity index (χ2v) is 12.0. The van der Waals surface area contributed by atoms with E-state index in [0.29, 0.717) is 31.7 Å². The number of carbonyl (C=O) groups is 2. The molecule has 2 N–H and O–H groups in total. The smallest absolute Gasteiger partial charge is 0.243 e. The highest BCUT2D eigenvalue weighted by molar-refractivity contribution is 7.89. The lowest BCUT2D eigenvalue weighted by Gasteiger charge is -2.32. The van der Waals surface area contributed by atoms with Crippen LogP contribution in [0.2, 0.25) is 0 Å². The molecule has 2 amide bonds. The normalized spacial score (nSPS) is 12.0. The second kappa shape index (κ2) is 16.7. The minimum absolute atomic E-state index is 0.153. The Balaban J connectivity index is 1.85. The number of rotatable bonds is 17. The molecule has 8 nitrogen and oxygen atoms in total. The van der Waals surface area contributed by atoms with Crippen LogP contribution in [0.15, 0.2) is 83.8 Å². The van der Waals surface area contributed by atoms with Gasteiger partial charge in [0.1, 0.15) is 11.8 Å². The Kier molecular flexibility index (Phi) is 13.0. The van der Waals surface area contributed by atoms with Crippen LogP contribution in [-0.2, 0) is 39.0 Å². The molecule has 0 saturated heterocycles. The van der Waals surface area contributed by atoms with Crippen LogP contribution < -0.4 is 14.8 Å². The van der Waals surface area contributed by atoms with Crippen LogP contribution in [0.5, 0.6) is 5.75 Å². The Bertz CT molecular complexity index is 1360. The first-order valence-corrected chi connectivity index (χ1v) is 16.1. The van der Waals surface area contributed by atoms with E-state index >= 15 is 0 Å². The molecule has 3 aromatic rings. The zero-order valence-corrected chi connectivity index (χ0v) is 25.7. The zero-order chi connectivity index (χ0) is 30.4. The molecule has 9 heteroatoms. The van der Waals surface area contributed by atoms with Crippen molar-refractivity contribution in [1.82, 2.24) is 14.9 Å². The quantitative estimate of drug-likeness (QED) is 0.217. The maximum atomic E-state index is 13.9. The summed E-state index contributed by atoms with van der Waals surface area (Å²) < 4.78 is 32.4. The fraction of sp³-hybridized carbons (Fsp3) is 0.394. The van der Waals surface area contributed by atoms with Crippen molar-refractivity contribution in [2.75, 3.05) is 20.2 Å². The Hall–Kier alpha value is -3.69. The van der Waals surface area contributed by atoms with Gasteiger partial charge in [0.15, 0.2) is 0 Å². The van der Waals surface area contributed by atoms with Gasteiger partial charge >= 0.3 is 0 Å². The minimum Gasteiger partial charge on any atom is -0.497 e. The van der Waals surface area contributed by atoms with E-state index in [-0.39, 0.29) is 29.7 Å². The van der Waals surface area contributed by atoms with Gasteiger partial charge in [-0.3, -0.25) is 9.59 Å². The number of carbonyl (C=O) groups excluding carboxylic acids is 2. The van der Waals surface area contributed by atoms with Crippen molar-refractivity contribution < 1.29 is 22.7 Å². The molecule has 3 rings (SSSR count). The summed E-state index contributed by atoms with van der Waals surface area (Å²) in [5.74, 6) is 0.389. The number of nitrogens with one attached hydrogen (secondary N) is 2. The fourth-order valence-corrected chi connectivity index (χ4v) is 5.73. The largest absolute Gasteiger partial charge is 0.497 e. The minimum atomic E-state index is -3.55. The van der Waals surface area contributed by atoms with Gasteiger partial charge in [-0.15, -0.1) is 0 Å². The number of sulfonamides is 1. The number of benzene rings is 3. The van der Waals surface area contributed by atoms with E-state index in [1.807, 2.05) is 54.6 Å². The maximum absolute atomic E-state index is 13.9. The first kappa shape index (κ1) is 32.8. The predicted molar refractivity (Wildman–Crippen MR) is 166 cm³/mol. The van der Waals surface area contributed by atoms with Crippen molar-refractivity contribution in [2.24, 2.45) is 0 Å². The number of hydrogen-bond acceptors (Lipinski definition) is 5. The highest BCUT2D eigenvalue weighted by atomic mass is 32.2. The molecule has 0 saturated carbocycles. The monoisotopic (exact) mass is 593 g/mol. The molecule has 0 radical (unpaired) electrons. The van der Waals surface area contributed by atoms with Gasteiger partial charge in [0.05, 0.1) is 12.0 Å². The summed E-state index contributed by atoms with van der Waals surface area (Å²) in [4.78, 5) is 29.4. The van der Waals surface area contributed by atoms with Crippen LogP contribution in [0.3, 0.4) is 0 Å². The van der Waals surface area contributed by atoms with Crippen molar-refractivity contribution in [3.05, 3.63) is 95.6 Å². The summed E-state index contributed by atoms with van der Waals surface area (Å²) in [5, 5.41) is 3.07. The summed E-state index contributed by atoms with van der Waals surface area (Å²) in [6.45, 7) is 4.97. The molecule has 0 unspecified atom stereocenters. The standard InChI is InChI=1S/C33H43N3O5S/c1-4-6-10-23-34-33(38)31(24-27-11-8-7-9-12-27)36(25-28-13-18-29(41-3)19-14-28)32(37)22-17-26-15-20-30(21-16-26)42(39,40)35-5-2/h7-9,11-16,18-21,31,35H,4-6,10,17,22-25H2,1-3H3,(H,34,38)/t31-/m0/s1. The number of amides is 2. The van der Waals surface area contributed by atoms with Crippen LogP contribution in [-0.4, -0.2) is 51.4 Å². The number of unbranched alkanes of at least 4 members (excludes halogenated alkanes) is 2.